The molecule has 1 rings (SSSR count). The van der Waals surface area contributed by atoms with Gasteiger partial charge < -0.3 is 5.41 Å². The molecule has 1 aromatic rings. The van der Waals surface area contributed by atoms with Gasteiger partial charge in [-0.05, 0) is 18.5 Å². The zero-order valence-corrected chi connectivity index (χ0v) is 8.45. The molecule has 0 aromatic carbocycles. The van der Waals surface area contributed by atoms with Gasteiger partial charge in [-0.3, -0.25) is 0 Å². The summed E-state index contributed by atoms with van der Waals surface area (Å²) in [5.41, 5.74) is 1.17. The predicted molar refractivity (Wildman–Crippen MR) is 54.5 cm³/mol. The topological polar surface area (TPSA) is 49.6 Å². The van der Waals surface area contributed by atoms with Crippen LogP contribution in [0.1, 0.15) is 12.6 Å². The SMILES string of the molecule is C=C(C(C)=N)c1nc(Cl)ncc1Cl. The zero-order valence-electron chi connectivity index (χ0n) is 6.93. The van der Waals surface area contributed by atoms with Gasteiger partial charge in [0.25, 0.3) is 0 Å². The molecule has 0 aliphatic rings. The van der Waals surface area contributed by atoms with Gasteiger partial charge in [0.05, 0.1) is 16.9 Å². The van der Waals surface area contributed by atoms with E-state index in [1.807, 2.05) is 0 Å². The molecule has 13 heavy (non-hydrogen) atoms. The molecule has 1 heterocycles. The highest BCUT2D eigenvalue weighted by atomic mass is 35.5. The van der Waals surface area contributed by atoms with E-state index in [4.69, 9.17) is 28.6 Å². The van der Waals surface area contributed by atoms with E-state index in [0.29, 0.717) is 22.0 Å². The normalized spacial score (nSPS) is 9.77. The third-order valence-corrected chi connectivity index (χ3v) is 1.91. The van der Waals surface area contributed by atoms with Crippen molar-refractivity contribution in [1.82, 2.24) is 9.97 Å². The minimum atomic E-state index is 0.0989. The molecule has 0 radical (unpaired) electrons. The van der Waals surface area contributed by atoms with Crippen LogP contribution in [0.4, 0.5) is 0 Å². The Bertz CT molecular complexity index is 374. The maximum atomic E-state index is 7.34. The summed E-state index contributed by atoms with van der Waals surface area (Å²) in [7, 11) is 0. The van der Waals surface area contributed by atoms with Crippen LogP contribution >= 0.6 is 23.2 Å². The van der Waals surface area contributed by atoms with E-state index in [1.165, 1.54) is 6.20 Å². The van der Waals surface area contributed by atoms with Gasteiger partial charge >= 0.3 is 0 Å². The lowest BCUT2D eigenvalue weighted by Gasteiger charge is -2.04. The van der Waals surface area contributed by atoms with Crippen LogP contribution in [0.25, 0.3) is 5.57 Å². The molecule has 0 aliphatic heterocycles. The number of nitrogens with zero attached hydrogens (tertiary/aromatic N) is 2. The third-order valence-electron chi connectivity index (χ3n) is 1.45. The standard InChI is InChI=1S/C8H7Cl2N3/c1-4(5(2)11)7-6(9)3-12-8(10)13-7/h3,11H,1H2,2H3. The molecule has 1 aromatic heterocycles. The molecule has 5 heteroatoms. The van der Waals surface area contributed by atoms with Crippen LogP contribution in [-0.4, -0.2) is 15.7 Å². The molecular weight excluding hydrogens is 209 g/mol. The van der Waals surface area contributed by atoms with E-state index in [2.05, 4.69) is 16.5 Å². The maximum Gasteiger partial charge on any atom is 0.222 e. The van der Waals surface area contributed by atoms with Gasteiger partial charge in [0.2, 0.25) is 5.28 Å². The molecule has 0 saturated heterocycles. The van der Waals surface area contributed by atoms with E-state index >= 15 is 0 Å². The highest BCUT2D eigenvalue weighted by molar-refractivity contribution is 6.35. The number of hydrogen-bond donors (Lipinski definition) is 1. The zero-order chi connectivity index (χ0) is 10.0. The van der Waals surface area contributed by atoms with E-state index in [-0.39, 0.29) is 5.28 Å². The fourth-order valence-corrected chi connectivity index (χ4v) is 1.07. The molecule has 0 atom stereocenters. The first-order chi connectivity index (χ1) is 6.02. The van der Waals surface area contributed by atoms with Crippen LogP contribution in [-0.2, 0) is 0 Å². The second-order valence-electron chi connectivity index (χ2n) is 2.44. The molecule has 3 nitrogen and oxygen atoms in total. The summed E-state index contributed by atoms with van der Waals surface area (Å²) in [5, 5.41) is 7.79. The fourth-order valence-electron chi connectivity index (χ4n) is 0.735. The lowest BCUT2D eigenvalue weighted by molar-refractivity contribution is 1.15. The van der Waals surface area contributed by atoms with Crippen LogP contribution < -0.4 is 0 Å². The van der Waals surface area contributed by atoms with Crippen molar-refractivity contribution < 1.29 is 0 Å². The lowest BCUT2D eigenvalue weighted by Crippen LogP contribution is -1.98. The van der Waals surface area contributed by atoms with E-state index in [1.54, 1.807) is 6.92 Å². The molecule has 1 N–H and O–H groups in total. The van der Waals surface area contributed by atoms with Crippen LogP contribution in [0.5, 0.6) is 0 Å². The summed E-state index contributed by atoms with van der Waals surface area (Å²) >= 11 is 11.4. The number of nitrogens with one attached hydrogen (secondary N) is 1. The second-order valence-corrected chi connectivity index (χ2v) is 3.18. The first kappa shape index (κ1) is 10.2. The number of aromatic nitrogens is 2. The van der Waals surface area contributed by atoms with Crippen LogP contribution in [0.3, 0.4) is 0 Å². The Kier molecular flexibility index (Phi) is 3.01. The van der Waals surface area contributed by atoms with Crippen molar-refractivity contribution in [2.24, 2.45) is 0 Å². The smallest absolute Gasteiger partial charge is 0.222 e. The number of allylic oxidation sites excluding steroid dienone is 1. The van der Waals surface area contributed by atoms with Crippen molar-refractivity contribution in [2.45, 2.75) is 6.92 Å². The molecule has 0 aliphatic carbocycles. The van der Waals surface area contributed by atoms with Gasteiger partial charge in [0.1, 0.15) is 0 Å². The van der Waals surface area contributed by atoms with Gasteiger partial charge in [-0.2, -0.15) is 0 Å². The summed E-state index contributed by atoms with van der Waals surface area (Å²) < 4.78 is 0. The van der Waals surface area contributed by atoms with Gasteiger partial charge in [-0.1, -0.05) is 18.2 Å². The summed E-state index contributed by atoms with van der Waals surface area (Å²) in [6.07, 6.45) is 1.39. The van der Waals surface area contributed by atoms with Crippen LogP contribution in [0.2, 0.25) is 10.3 Å². The highest BCUT2D eigenvalue weighted by Crippen LogP contribution is 2.21. The molecule has 0 amide bonds. The Morgan fingerprint density at radius 1 is 1.54 bits per heavy atom. The van der Waals surface area contributed by atoms with Gasteiger partial charge in [0.15, 0.2) is 0 Å². The predicted octanol–water partition coefficient (Wildman–Crippen LogP) is 2.84. The minimum absolute atomic E-state index is 0.0989. The van der Waals surface area contributed by atoms with Gasteiger partial charge in [0, 0.05) is 11.3 Å². The van der Waals surface area contributed by atoms with Crippen molar-refractivity contribution in [2.75, 3.05) is 0 Å². The second kappa shape index (κ2) is 3.85. The Hall–Kier alpha value is -0.930. The molecule has 0 unspecified atom stereocenters. The number of rotatable bonds is 2. The molecule has 68 valence electrons. The molecule has 0 bridgehead atoms. The van der Waals surface area contributed by atoms with E-state index < -0.39 is 0 Å². The van der Waals surface area contributed by atoms with Crippen molar-refractivity contribution in [3.63, 3.8) is 0 Å². The van der Waals surface area contributed by atoms with Crippen molar-refractivity contribution >= 4 is 34.5 Å². The molecular formula is C8H7Cl2N3. The Morgan fingerprint density at radius 3 is 2.69 bits per heavy atom. The molecule has 0 spiro atoms. The van der Waals surface area contributed by atoms with Gasteiger partial charge in [-0.25, -0.2) is 9.97 Å². The van der Waals surface area contributed by atoms with Crippen LogP contribution in [0.15, 0.2) is 12.8 Å². The van der Waals surface area contributed by atoms with E-state index in [0.717, 1.165) is 0 Å². The minimum Gasteiger partial charge on any atom is -0.305 e. The van der Waals surface area contributed by atoms with Crippen molar-refractivity contribution in [3.05, 3.63) is 28.8 Å². The summed E-state index contributed by atoms with van der Waals surface area (Å²) in [5.74, 6) is 0. The largest absolute Gasteiger partial charge is 0.305 e. The summed E-state index contributed by atoms with van der Waals surface area (Å²) in [4.78, 5) is 7.57. The summed E-state index contributed by atoms with van der Waals surface area (Å²) in [6, 6.07) is 0. The molecule has 0 fully saturated rings. The average molecular weight is 216 g/mol. The first-order valence-electron chi connectivity index (χ1n) is 3.45. The van der Waals surface area contributed by atoms with Crippen LogP contribution in [0, 0.1) is 5.41 Å². The van der Waals surface area contributed by atoms with E-state index in [9.17, 15) is 0 Å². The highest BCUT2D eigenvalue weighted by Gasteiger charge is 2.09. The quantitative estimate of drug-likeness (QED) is 0.610. The van der Waals surface area contributed by atoms with Crippen molar-refractivity contribution in [1.29, 1.82) is 5.41 Å². The Labute approximate surface area is 85.9 Å². The monoisotopic (exact) mass is 215 g/mol. The molecule has 0 saturated carbocycles. The Morgan fingerprint density at radius 2 is 2.15 bits per heavy atom. The number of hydrogen-bond acceptors (Lipinski definition) is 3. The summed E-state index contributed by atoms with van der Waals surface area (Å²) in [6.45, 7) is 5.27. The fraction of sp³-hybridized carbons (Fsp3) is 0.125. The number of halogens is 2. The lowest BCUT2D eigenvalue weighted by atomic mass is 10.1. The van der Waals surface area contributed by atoms with Crippen molar-refractivity contribution in [3.8, 4) is 0 Å². The first-order valence-corrected chi connectivity index (χ1v) is 4.21. The van der Waals surface area contributed by atoms with Gasteiger partial charge in [-0.15, -0.1) is 0 Å². The maximum absolute atomic E-state index is 7.34. The Balaban J connectivity index is 3.21. The average Bonchev–Trinajstić information content (AvgIpc) is 2.08. The third kappa shape index (κ3) is 2.26.